The first kappa shape index (κ1) is 30.8. The first-order valence-corrected chi connectivity index (χ1v) is 13.6. The Hall–Kier alpha value is -3.78. The Bertz CT molecular complexity index is 1460. The lowest BCUT2D eigenvalue weighted by molar-refractivity contribution is -0.155. The van der Waals surface area contributed by atoms with Crippen molar-refractivity contribution in [1.82, 2.24) is 10.3 Å². The van der Waals surface area contributed by atoms with E-state index in [1.165, 1.54) is 25.3 Å². The second-order valence-electron chi connectivity index (χ2n) is 10.2. The van der Waals surface area contributed by atoms with Gasteiger partial charge in [-0.3, -0.25) is 9.59 Å². The van der Waals surface area contributed by atoms with Gasteiger partial charge in [0.15, 0.2) is 5.76 Å². The van der Waals surface area contributed by atoms with Crippen LogP contribution in [-0.2, 0) is 14.3 Å². The number of benzene rings is 2. The number of hydrogen-bond donors (Lipinski definition) is 1. The SMILES string of the molecule is C=C/C=C\C(OC)=C(/F)C(CNC(=O)c1c(C)c(-c2ccccc2)nc2ccc(Br)cc12)CC(=O)OC(C)(C)C. The molecule has 40 heavy (non-hydrogen) atoms. The highest BCUT2D eigenvalue weighted by molar-refractivity contribution is 9.10. The summed E-state index contributed by atoms with van der Waals surface area (Å²) in [6, 6.07) is 15.1. The first-order valence-electron chi connectivity index (χ1n) is 12.8. The van der Waals surface area contributed by atoms with Crippen LogP contribution in [0.2, 0.25) is 0 Å². The Labute approximate surface area is 243 Å². The van der Waals surface area contributed by atoms with E-state index >= 15 is 4.39 Å². The highest BCUT2D eigenvalue weighted by Crippen LogP contribution is 2.31. The molecule has 1 unspecified atom stereocenters. The summed E-state index contributed by atoms with van der Waals surface area (Å²) >= 11 is 3.49. The largest absolute Gasteiger partial charge is 0.494 e. The topological polar surface area (TPSA) is 77.5 Å². The minimum Gasteiger partial charge on any atom is -0.494 e. The summed E-state index contributed by atoms with van der Waals surface area (Å²) in [6.45, 7) is 10.5. The number of carbonyl (C=O) groups is 2. The predicted octanol–water partition coefficient (Wildman–Crippen LogP) is 7.62. The highest BCUT2D eigenvalue weighted by atomic mass is 79.9. The van der Waals surface area contributed by atoms with Gasteiger partial charge in [-0.1, -0.05) is 65.0 Å². The molecule has 0 radical (unpaired) electrons. The molecule has 0 saturated carbocycles. The van der Waals surface area contributed by atoms with Crippen LogP contribution in [-0.4, -0.2) is 36.1 Å². The molecule has 2 aromatic carbocycles. The van der Waals surface area contributed by atoms with Crippen molar-refractivity contribution < 1.29 is 23.5 Å². The van der Waals surface area contributed by atoms with Crippen molar-refractivity contribution >= 4 is 38.7 Å². The Morgan fingerprint density at radius 1 is 1.18 bits per heavy atom. The maximum Gasteiger partial charge on any atom is 0.307 e. The summed E-state index contributed by atoms with van der Waals surface area (Å²) in [5.41, 5.74) is 2.55. The molecule has 8 heteroatoms. The van der Waals surface area contributed by atoms with Gasteiger partial charge in [0.25, 0.3) is 5.91 Å². The van der Waals surface area contributed by atoms with E-state index in [9.17, 15) is 9.59 Å². The third-order valence-electron chi connectivity index (χ3n) is 6.00. The fourth-order valence-electron chi connectivity index (χ4n) is 4.24. The average Bonchev–Trinajstić information content (AvgIpc) is 2.90. The van der Waals surface area contributed by atoms with Crippen LogP contribution in [0.5, 0.6) is 0 Å². The van der Waals surface area contributed by atoms with Crippen LogP contribution >= 0.6 is 15.9 Å². The quantitative estimate of drug-likeness (QED) is 0.145. The normalized spacial score (nSPS) is 13.1. The molecule has 1 heterocycles. The van der Waals surface area contributed by atoms with Crippen molar-refractivity contribution in [3.05, 3.63) is 101 Å². The number of aromatic nitrogens is 1. The van der Waals surface area contributed by atoms with Crippen molar-refractivity contribution in [1.29, 1.82) is 0 Å². The van der Waals surface area contributed by atoms with E-state index in [2.05, 4.69) is 27.8 Å². The summed E-state index contributed by atoms with van der Waals surface area (Å²) in [7, 11) is 1.33. The molecular weight excluding hydrogens is 575 g/mol. The zero-order valence-corrected chi connectivity index (χ0v) is 25.0. The minimum atomic E-state index is -1.03. The van der Waals surface area contributed by atoms with Gasteiger partial charge in [-0.2, -0.15) is 0 Å². The molecule has 0 spiro atoms. The molecule has 3 aromatic rings. The zero-order chi connectivity index (χ0) is 29.4. The summed E-state index contributed by atoms with van der Waals surface area (Å²) in [6.07, 6.45) is 4.12. The number of hydrogen-bond acceptors (Lipinski definition) is 5. The second kappa shape index (κ2) is 13.5. The van der Waals surface area contributed by atoms with Crippen LogP contribution in [0.1, 0.15) is 43.1 Å². The van der Waals surface area contributed by atoms with Crippen LogP contribution in [0.15, 0.2) is 89.4 Å². The van der Waals surface area contributed by atoms with Crippen LogP contribution in [0.25, 0.3) is 22.2 Å². The molecule has 0 aliphatic rings. The Balaban J connectivity index is 2.02. The Morgan fingerprint density at radius 3 is 2.50 bits per heavy atom. The van der Waals surface area contributed by atoms with Gasteiger partial charge in [-0.25, -0.2) is 9.37 Å². The fourth-order valence-corrected chi connectivity index (χ4v) is 4.60. The fraction of sp³-hybridized carbons (Fsp3) is 0.281. The van der Waals surface area contributed by atoms with Crippen molar-refractivity contribution in [2.24, 2.45) is 5.92 Å². The van der Waals surface area contributed by atoms with E-state index < -0.39 is 29.2 Å². The lowest BCUT2D eigenvalue weighted by atomic mass is 9.96. The highest BCUT2D eigenvalue weighted by Gasteiger charge is 2.27. The van der Waals surface area contributed by atoms with E-state index in [1.807, 2.05) is 55.5 Å². The maximum absolute atomic E-state index is 15.7. The number of methoxy groups -OCH3 is 1. The molecule has 3 rings (SSSR count). The van der Waals surface area contributed by atoms with Crippen LogP contribution < -0.4 is 5.32 Å². The third kappa shape index (κ3) is 7.88. The van der Waals surface area contributed by atoms with Crippen LogP contribution in [0.4, 0.5) is 4.39 Å². The van der Waals surface area contributed by atoms with Crippen molar-refractivity contribution in [2.75, 3.05) is 13.7 Å². The summed E-state index contributed by atoms with van der Waals surface area (Å²) in [4.78, 5) is 31.3. The zero-order valence-electron chi connectivity index (χ0n) is 23.4. The third-order valence-corrected chi connectivity index (χ3v) is 6.50. The van der Waals surface area contributed by atoms with Crippen molar-refractivity contribution in [2.45, 2.75) is 39.7 Å². The summed E-state index contributed by atoms with van der Waals surface area (Å²) < 4.78 is 27.1. The second-order valence-corrected chi connectivity index (χ2v) is 11.1. The maximum atomic E-state index is 15.7. The van der Waals surface area contributed by atoms with E-state index in [-0.39, 0.29) is 18.7 Å². The van der Waals surface area contributed by atoms with Crippen LogP contribution in [0, 0.1) is 12.8 Å². The Morgan fingerprint density at radius 2 is 1.88 bits per heavy atom. The van der Waals surface area contributed by atoms with Gasteiger partial charge in [-0.15, -0.1) is 0 Å². The van der Waals surface area contributed by atoms with E-state index in [1.54, 1.807) is 20.8 Å². The standard InChI is InChI=1S/C32H34BrFN2O4/c1-7-8-14-26(39-6)29(34)22(17-27(37)40-32(3,4)5)19-35-31(38)28-20(2)30(21-12-10-9-11-13-21)36-25-16-15-23(33)18-24(25)28/h7-16,18,22H,1,17,19H2,2-6H3,(H,35,38)/b14-8-,29-26+. The molecule has 210 valence electrons. The number of ether oxygens (including phenoxy) is 2. The molecule has 1 amide bonds. The van der Waals surface area contributed by atoms with E-state index in [0.29, 0.717) is 27.7 Å². The number of allylic oxidation sites excluding steroid dienone is 3. The first-order chi connectivity index (χ1) is 18.9. The van der Waals surface area contributed by atoms with Gasteiger partial charge in [0.05, 0.1) is 30.3 Å². The number of esters is 1. The number of nitrogens with one attached hydrogen (secondary N) is 1. The van der Waals surface area contributed by atoms with Crippen LogP contribution in [0.3, 0.4) is 0 Å². The monoisotopic (exact) mass is 608 g/mol. The Kier molecular flexibility index (Phi) is 10.4. The lowest BCUT2D eigenvalue weighted by Crippen LogP contribution is -2.33. The minimum absolute atomic E-state index is 0.0662. The smallest absolute Gasteiger partial charge is 0.307 e. The van der Waals surface area contributed by atoms with Gasteiger partial charge in [-0.05, 0) is 57.5 Å². The average molecular weight is 610 g/mol. The number of nitrogens with zero attached hydrogens (tertiary/aromatic N) is 1. The number of amides is 1. The van der Waals surface area contributed by atoms with Crippen molar-refractivity contribution in [3.8, 4) is 11.3 Å². The molecule has 1 aromatic heterocycles. The predicted molar refractivity (Wildman–Crippen MR) is 160 cm³/mol. The van der Waals surface area contributed by atoms with Crippen molar-refractivity contribution in [3.63, 3.8) is 0 Å². The molecule has 1 atom stereocenters. The number of pyridine rings is 1. The molecule has 6 nitrogen and oxygen atoms in total. The molecular formula is C32H34BrFN2O4. The van der Waals surface area contributed by atoms with E-state index in [0.717, 1.165) is 10.0 Å². The summed E-state index contributed by atoms with van der Waals surface area (Å²) in [5, 5.41) is 3.50. The number of halogens is 2. The number of rotatable bonds is 10. The summed E-state index contributed by atoms with van der Waals surface area (Å²) in [5.74, 6) is -2.79. The van der Waals surface area contributed by atoms with Gasteiger partial charge in [0, 0.05) is 27.9 Å². The molecule has 0 bridgehead atoms. The molecule has 0 saturated heterocycles. The molecule has 0 aliphatic carbocycles. The molecule has 0 fully saturated rings. The molecule has 1 N–H and O–H groups in total. The number of carbonyl (C=O) groups excluding carboxylic acids is 2. The van der Waals surface area contributed by atoms with Gasteiger partial charge in [0.1, 0.15) is 11.4 Å². The van der Waals surface area contributed by atoms with E-state index in [4.69, 9.17) is 14.5 Å². The van der Waals surface area contributed by atoms with Gasteiger partial charge in [0.2, 0.25) is 0 Å². The van der Waals surface area contributed by atoms with Gasteiger partial charge >= 0.3 is 5.97 Å². The lowest BCUT2D eigenvalue weighted by Gasteiger charge is -2.23. The van der Waals surface area contributed by atoms with Gasteiger partial charge < -0.3 is 14.8 Å². The molecule has 0 aliphatic heterocycles. The number of fused-ring (bicyclic) bond motifs is 1.